The molecule has 0 aliphatic heterocycles. The molecule has 0 N–H and O–H groups in total. The molecule has 0 bridgehead atoms. The van der Waals surface area contributed by atoms with Crippen molar-refractivity contribution >= 4 is 27.5 Å². The normalized spacial score (nSPS) is 12.4. The Balaban J connectivity index is 2.22. The molecule has 0 fully saturated rings. The summed E-state index contributed by atoms with van der Waals surface area (Å²) in [6.07, 6.45) is 0.622. The standard InChI is InChI=1S/C15H13BrClF/c1-10-4-2-5-11(8-10)9-14(17)12-6-3-7-13(16)15(12)18/h2-8,14H,9H2,1H3. The minimum atomic E-state index is -0.357. The second-order valence-electron chi connectivity index (χ2n) is 4.30. The number of alkyl halides is 1. The first kappa shape index (κ1) is 13.6. The van der Waals surface area contributed by atoms with Gasteiger partial charge in [0.25, 0.3) is 0 Å². The molecular weight excluding hydrogens is 315 g/mol. The van der Waals surface area contributed by atoms with Gasteiger partial charge >= 0.3 is 0 Å². The van der Waals surface area contributed by atoms with Gasteiger partial charge in [0.05, 0.1) is 9.85 Å². The highest BCUT2D eigenvalue weighted by Crippen LogP contribution is 2.30. The fourth-order valence-corrected chi connectivity index (χ4v) is 2.65. The van der Waals surface area contributed by atoms with Gasteiger partial charge in [0.2, 0.25) is 0 Å². The molecule has 0 saturated heterocycles. The van der Waals surface area contributed by atoms with Crippen molar-refractivity contribution in [1.82, 2.24) is 0 Å². The smallest absolute Gasteiger partial charge is 0.142 e. The summed E-state index contributed by atoms with van der Waals surface area (Å²) in [5, 5.41) is -0.357. The van der Waals surface area contributed by atoms with Crippen LogP contribution in [0.3, 0.4) is 0 Å². The van der Waals surface area contributed by atoms with E-state index in [0.717, 1.165) is 5.56 Å². The van der Waals surface area contributed by atoms with Crippen molar-refractivity contribution < 1.29 is 4.39 Å². The van der Waals surface area contributed by atoms with Crippen LogP contribution in [-0.2, 0) is 6.42 Å². The van der Waals surface area contributed by atoms with Gasteiger partial charge in [-0.25, -0.2) is 4.39 Å². The summed E-state index contributed by atoms with van der Waals surface area (Å²) in [6, 6.07) is 13.3. The predicted octanol–water partition coefficient (Wildman–Crippen LogP) is 5.42. The first-order chi connectivity index (χ1) is 8.58. The van der Waals surface area contributed by atoms with Crippen LogP contribution in [0.4, 0.5) is 4.39 Å². The second kappa shape index (κ2) is 5.85. The number of rotatable bonds is 3. The van der Waals surface area contributed by atoms with Gasteiger partial charge in [-0.3, -0.25) is 0 Å². The molecule has 1 unspecified atom stereocenters. The average molecular weight is 328 g/mol. The van der Waals surface area contributed by atoms with Gasteiger partial charge in [0.1, 0.15) is 5.82 Å². The van der Waals surface area contributed by atoms with Crippen molar-refractivity contribution in [3.63, 3.8) is 0 Å². The van der Waals surface area contributed by atoms with E-state index in [1.54, 1.807) is 18.2 Å². The van der Waals surface area contributed by atoms with Gasteiger partial charge in [-0.05, 0) is 40.9 Å². The summed E-state index contributed by atoms with van der Waals surface area (Å²) in [4.78, 5) is 0. The number of hydrogen-bond donors (Lipinski definition) is 0. The minimum absolute atomic E-state index is 0.273. The van der Waals surface area contributed by atoms with E-state index in [0.29, 0.717) is 16.5 Å². The highest BCUT2D eigenvalue weighted by Gasteiger charge is 2.15. The molecular formula is C15H13BrClF. The lowest BCUT2D eigenvalue weighted by atomic mass is 10.0. The zero-order valence-electron chi connectivity index (χ0n) is 9.96. The third-order valence-electron chi connectivity index (χ3n) is 2.82. The molecule has 0 aliphatic rings. The van der Waals surface area contributed by atoms with Gasteiger partial charge in [0.15, 0.2) is 0 Å². The van der Waals surface area contributed by atoms with Gasteiger partial charge in [-0.2, -0.15) is 0 Å². The quantitative estimate of drug-likeness (QED) is 0.660. The van der Waals surface area contributed by atoms with Crippen LogP contribution in [0.25, 0.3) is 0 Å². The Labute approximate surface area is 120 Å². The van der Waals surface area contributed by atoms with Crippen molar-refractivity contribution in [3.8, 4) is 0 Å². The molecule has 18 heavy (non-hydrogen) atoms. The second-order valence-corrected chi connectivity index (χ2v) is 5.68. The lowest BCUT2D eigenvalue weighted by Crippen LogP contribution is -1.99. The van der Waals surface area contributed by atoms with Crippen LogP contribution >= 0.6 is 27.5 Å². The number of aryl methyl sites for hydroxylation is 1. The van der Waals surface area contributed by atoms with E-state index in [1.165, 1.54) is 5.56 Å². The summed E-state index contributed by atoms with van der Waals surface area (Å²) >= 11 is 9.49. The van der Waals surface area contributed by atoms with E-state index in [4.69, 9.17) is 11.6 Å². The third kappa shape index (κ3) is 3.12. The Morgan fingerprint density at radius 1 is 1.22 bits per heavy atom. The van der Waals surface area contributed by atoms with Crippen molar-refractivity contribution in [1.29, 1.82) is 0 Å². The first-order valence-electron chi connectivity index (χ1n) is 5.71. The van der Waals surface area contributed by atoms with Crippen molar-refractivity contribution in [3.05, 3.63) is 69.4 Å². The third-order valence-corrected chi connectivity index (χ3v) is 3.82. The maximum Gasteiger partial charge on any atom is 0.142 e. The van der Waals surface area contributed by atoms with Crippen LogP contribution in [0.1, 0.15) is 22.1 Å². The highest BCUT2D eigenvalue weighted by atomic mass is 79.9. The van der Waals surface area contributed by atoms with E-state index in [1.807, 2.05) is 25.1 Å². The van der Waals surface area contributed by atoms with E-state index in [-0.39, 0.29) is 11.2 Å². The highest BCUT2D eigenvalue weighted by molar-refractivity contribution is 9.10. The fourth-order valence-electron chi connectivity index (χ4n) is 1.92. The summed E-state index contributed by atoms with van der Waals surface area (Å²) in [7, 11) is 0. The SMILES string of the molecule is Cc1cccc(CC(Cl)c2cccc(Br)c2F)c1. The molecule has 94 valence electrons. The molecule has 0 saturated carbocycles. The van der Waals surface area contributed by atoms with Gasteiger partial charge in [0, 0.05) is 5.56 Å². The van der Waals surface area contributed by atoms with E-state index < -0.39 is 0 Å². The van der Waals surface area contributed by atoms with Crippen molar-refractivity contribution in [2.24, 2.45) is 0 Å². The predicted molar refractivity (Wildman–Crippen MR) is 77.6 cm³/mol. The van der Waals surface area contributed by atoms with Crippen molar-refractivity contribution in [2.45, 2.75) is 18.7 Å². The van der Waals surface area contributed by atoms with Crippen LogP contribution in [0.2, 0.25) is 0 Å². The summed E-state index contributed by atoms with van der Waals surface area (Å²) in [6.45, 7) is 2.03. The molecule has 2 rings (SSSR count). The first-order valence-corrected chi connectivity index (χ1v) is 6.94. The molecule has 2 aromatic carbocycles. The van der Waals surface area contributed by atoms with Crippen LogP contribution in [0, 0.1) is 12.7 Å². The Bertz CT molecular complexity index is 554. The molecule has 0 radical (unpaired) electrons. The molecule has 0 aromatic heterocycles. The molecule has 1 atom stereocenters. The Hall–Kier alpha value is -0.860. The summed E-state index contributed by atoms with van der Waals surface area (Å²) < 4.78 is 14.4. The number of hydrogen-bond acceptors (Lipinski definition) is 0. The molecule has 2 aromatic rings. The molecule has 0 aliphatic carbocycles. The van der Waals surface area contributed by atoms with Crippen LogP contribution in [-0.4, -0.2) is 0 Å². The molecule has 0 spiro atoms. The zero-order chi connectivity index (χ0) is 13.1. The Morgan fingerprint density at radius 2 is 1.94 bits per heavy atom. The average Bonchev–Trinajstić information content (AvgIpc) is 2.32. The van der Waals surface area contributed by atoms with Crippen LogP contribution in [0.5, 0.6) is 0 Å². The largest absolute Gasteiger partial charge is 0.205 e. The monoisotopic (exact) mass is 326 g/mol. The van der Waals surface area contributed by atoms with E-state index in [9.17, 15) is 4.39 Å². The van der Waals surface area contributed by atoms with Crippen LogP contribution in [0.15, 0.2) is 46.9 Å². The topological polar surface area (TPSA) is 0 Å². The van der Waals surface area contributed by atoms with Gasteiger partial charge in [-0.15, -0.1) is 11.6 Å². The molecule has 0 amide bonds. The molecule has 3 heteroatoms. The minimum Gasteiger partial charge on any atom is -0.205 e. The molecule has 0 nitrogen and oxygen atoms in total. The van der Waals surface area contributed by atoms with E-state index in [2.05, 4.69) is 22.0 Å². The summed E-state index contributed by atoms with van der Waals surface area (Å²) in [5.41, 5.74) is 2.84. The Morgan fingerprint density at radius 3 is 2.67 bits per heavy atom. The fraction of sp³-hybridized carbons (Fsp3) is 0.200. The number of benzene rings is 2. The maximum absolute atomic E-state index is 13.9. The van der Waals surface area contributed by atoms with Crippen molar-refractivity contribution in [2.75, 3.05) is 0 Å². The lowest BCUT2D eigenvalue weighted by molar-refractivity contribution is 0.599. The van der Waals surface area contributed by atoms with Crippen LogP contribution < -0.4 is 0 Å². The summed E-state index contributed by atoms with van der Waals surface area (Å²) in [5.74, 6) is -0.273. The lowest BCUT2D eigenvalue weighted by Gasteiger charge is -2.12. The van der Waals surface area contributed by atoms with E-state index >= 15 is 0 Å². The van der Waals surface area contributed by atoms with Gasteiger partial charge in [-0.1, -0.05) is 42.0 Å². The Kier molecular flexibility index (Phi) is 4.41. The molecule has 0 heterocycles. The van der Waals surface area contributed by atoms with Gasteiger partial charge < -0.3 is 0 Å². The maximum atomic E-state index is 13.9. The zero-order valence-corrected chi connectivity index (χ0v) is 12.3. The number of halogens is 3.